The summed E-state index contributed by atoms with van der Waals surface area (Å²) in [4.78, 5) is 25.2. The highest BCUT2D eigenvalue weighted by Gasteiger charge is 2.13. The number of esters is 2. The van der Waals surface area contributed by atoms with E-state index in [4.69, 9.17) is 9.47 Å². The van der Waals surface area contributed by atoms with Gasteiger partial charge in [0.1, 0.15) is 11.5 Å². The van der Waals surface area contributed by atoms with Crippen LogP contribution in [0.1, 0.15) is 6.92 Å². The summed E-state index contributed by atoms with van der Waals surface area (Å²) in [6.07, 6.45) is 1.12. The topological polar surface area (TPSA) is 55.8 Å². The Morgan fingerprint density at radius 3 is 1.70 bits per heavy atom. The molecule has 0 aromatic heterocycles. The lowest BCUT2D eigenvalue weighted by atomic mass is 10.2. The van der Waals surface area contributed by atoms with Crippen molar-refractivity contribution in [1.82, 2.24) is 0 Å². The number of ether oxygens (including phenoxy) is 2. The molecule has 3 aromatic carbocycles. The number of rotatable bonds is 7. The molecule has 0 spiro atoms. The van der Waals surface area contributed by atoms with Crippen LogP contribution in [-0.4, -0.2) is 11.9 Å². The molecule has 5 nitrogen and oxygen atoms in total. The molecule has 30 heavy (non-hydrogen) atoms. The highest BCUT2D eigenvalue weighted by atomic mass is 16.5. The maximum Gasteiger partial charge on any atom is 0.338 e. The van der Waals surface area contributed by atoms with Crippen LogP contribution in [0.25, 0.3) is 0 Å². The van der Waals surface area contributed by atoms with E-state index in [0.29, 0.717) is 17.1 Å². The van der Waals surface area contributed by atoms with Gasteiger partial charge in [-0.15, -0.1) is 0 Å². The van der Waals surface area contributed by atoms with Crippen molar-refractivity contribution in [1.29, 1.82) is 0 Å². The molecule has 0 saturated heterocycles. The average Bonchev–Trinajstić information content (AvgIpc) is 2.77. The predicted octanol–water partition coefficient (Wildman–Crippen LogP) is 5.73. The van der Waals surface area contributed by atoms with E-state index >= 15 is 0 Å². The fourth-order valence-electron chi connectivity index (χ4n) is 2.70. The SMILES string of the molecule is C=CC(=O)Oc1ccc(N(c2ccccc2)c2ccc(OC(=O)C(=C)C)cc2)cc1. The van der Waals surface area contributed by atoms with Crippen LogP contribution in [0.3, 0.4) is 0 Å². The monoisotopic (exact) mass is 399 g/mol. The summed E-state index contributed by atoms with van der Waals surface area (Å²) in [6.45, 7) is 8.59. The molecule has 0 aliphatic carbocycles. The van der Waals surface area contributed by atoms with Crippen molar-refractivity contribution in [2.24, 2.45) is 0 Å². The standard InChI is InChI=1S/C25H21NO4/c1-4-24(27)29-22-14-10-20(11-15-22)26(19-8-6-5-7-9-19)21-12-16-23(17-13-21)30-25(28)18(2)3/h4-17H,1-2H2,3H3. The summed E-state index contributed by atoms with van der Waals surface area (Å²) >= 11 is 0. The summed E-state index contributed by atoms with van der Waals surface area (Å²) in [5.41, 5.74) is 3.01. The molecule has 0 saturated carbocycles. The molecule has 150 valence electrons. The minimum atomic E-state index is -0.512. The van der Waals surface area contributed by atoms with E-state index in [1.165, 1.54) is 0 Å². The maximum atomic E-state index is 11.7. The van der Waals surface area contributed by atoms with Crippen LogP contribution in [0, 0.1) is 0 Å². The Kier molecular flexibility index (Phi) is 6.45. The van der Waals surface area contributed by atoms with Crippen LogP contribution >= 0.6 is 0 Å². The van der Waals surface area contributed by atoms with Crippen molar-refractivity contribution >= 4 is 29.0 Å². The summed E-state index contributed by atoms with van der Waals surface area (Å²) in [6, 6.07) is 24.1. The van der Waals surface area contributed by atoms with Gasteiger partial charge < -0.3 is 14.4 Å². The number of nitrogens with zero attached hydrogens (tertiary/aromatic N) is 1. The quantitative estimate of drug-likeness (QED) is 0.288. The number of hydrogen-bond donors (Lipinski definition) is 0. The first-order valence-corrected chi connectivity index (χ1v) is 9.25. The van der Waals surface area contributed by atoms with Gasteiger partial charge in [-0.05, 0) is 67.6 Å². The molecule has 0 aliphatic rings. The second-order valence-corrected chi connectivity index (χ2v) is 6.45. The third-order valence-electron chi connectivity index (χ3n) is 4.15. The molecule has 0 heterocycles. The second kappa shape index (κ2) is 9.39. The van der Waals surface area contributed by atoms with Crippen molar-refractivity contribution in [3.63, 3.8) is 0 Å². The minimum absolute atomic E-state index is 0.335. The Labute approximate surface area is 175 Å². The molecule has 0 aliphatic heterocycles. The van der Waals surface area contributed by atoms with Crippen LogP contribution < -0.4 is 14.4 Å². The first-order valence-electron chi connectivity index (χ1n) is 9.25. The van der Waals surface area contributed by atoms with Crippen LogP contribution in [0.4, 0.5) is 17.1 Å². The molecule has 5 heteroatoms. The molecule has 0 bridgehead atoms. The van der Waals surface area contributed by atoms with E-state index < -0.39 is 11.9 Å². The second-order valence-electron chi connectivity index (χ2n) is 6.45. The predicted molar refractivity (Wildman–Crippen MR) is 117 cm³/mol. The Morgan fingerprint density at radius 2 is 1.23 bits per heavy atom. The van der Waals surface area contributed by atoms with Crippen molar-refractivity contribution in [2.45, 2.75) is 6.92 Å². The van der Waals surface area contributed by atoms with Crippen LogP contribution in [0.2, 0.25) is 0 Å². The summed E-state index contributed by atoms with van der Waals surface area (Å²) in [5, 5.41) is 0. The molecule has 0 unspecified atom stereocenters. The number of carbonyl (C=O) groups excluding carboxylic acids is 2. The van der Waals surface area contributed by atoms with Crippen LogP contribution in [0.5, 0.6) is 11.5 Å². The molecule has 0 fully saturated rings. The Hall–Kier alpha value is -4.12. The highest BCUT2D eigenvalue weighted by Crippen LogP contribution is 2.35. The normalized spacial score (nSPS) is 10.0. The Bertz CT molecular complexity index is 1050. The summed E-state index contributed by atoms with van der Waals surface area (Å²) in [5.74, 6) is -0.111. The van der Waals surface area contributed by atoms with E-state index in [9.17, 15) is 9.59 Å². The number of benzene rings is 3. The van der Waals surface area contributed by atoms with Crippen molar-refractivity contribution in [3.8, 4) is 11.5 Å². The van der Waals surface area contributed by atoms with Crippen LogP contribution in [-0.2, 0) is 9.59 Å². The molecule has 3 rings (SSSR count). The highest BCUT2D eigenvalue weighted by molar-refractivity contribution is 5.89. The Balaban J connectivity index is 1.92. The lowest BCUT2D eigenvalue weighted by Crippen LogP contribution is -2.11. The van der Waals surface area contributed by atoms with Gasteiger partial charge in [-0.25, -0.2) is 9.59 Å². The van der Waals surface area contributed by atoms with Gasteiger partial charge in [-0.1, -0.05) is 31.4 Å². The molecular formula is C25H21NO4. The lowest BCUT2D eigenvalue weighted by Gasteiger charge is -2.25. The molecular weight excluding hydrogens is 378 g/mol. The first kappa shape index (κ1) is 20.6. The first-order chi connectivity index (χ1) is 14.5. The number of para-hydroxylation sites is 1. The summed E-state index contributed by atoms with van der Waals surface area (Å²) in [7, 11) is 0. The third kappa shape index (κ3) is 5.02. The summed E-state index contributed by atoms with van der Waals surface area (Å²) < 4.78 is 10.4. The number of hydrogen-bond acceptors (Lipinski definition) is 5. The number of carbonyl (C=O) groups is 2. The largest absolute Gasteiger partial charge is 0.423 e. The van der Waals surface area contributed by atoms with E-state index in [0.717, 1.165) is 23.1 Å². The molecule has 0 N–H and O–H groups in total. The zero-order valence-corrected chi connectivity index (χ0v) is 16.6. The molecule has 3 aromatic rings. The van der Waals surface area contributed by atoms with Crippen LogP contribution in [0.15, 0.2) is 104 Å². The molecule has 0 radical (unpaired) electrons. The van der Waals surface area contributed by atoms with Gasteiger partial charge >= 0.3 is 11.9 Å². The Morgan fingerprint density at radius 1 is 0.767 bits per heavy atom. The van der Waals surface area contributed by atoms with E-state index in [1.807, 2.05) is 59.5 Å². The molecule has 0 amide bonds. The maximum absolute atomic E-state index is 11.7. The van der Waals surface area contributed by atoms with E-state index in [2.05, 4.69) is 13.2 Å². The average molecular weight is 399 g/mol. The smallest absolute Gasteiger partial charge is 0.338 e. The lowest BCUT2D eigenvalue weighted by molar-refractivity contribution is -0.130. The van der Waals surface area contributed by atoms with Crippen molar-refractivity contribution < 1.29 is 19.1 Å². The van der Waals surface area contributed by atoms with Gasteiger partial charge in [-0.2, -0.15) is 0 Å². The van der Waals surface area contributed by atoms with Crippen molar-refractivity contribution in [3.05, 3.63) is 104 Å². The van der Waals surface area contributed by atoms with E-state index in [1.54, 1.807) is 31.2 Å². The van der Waals surface area contributed by atoms with E-state index in [-0.39, 0.29) is 0 Å². The zero-order chi connectivity index (χ0) is 21.5. The van der Waals surface area contributed by atoms with Gasteiger partial charge in [0.2, 0.25) is 0 Å². The third-order valence-corrected chi connectivity index (χ3v) is 4.15. The fraction of sp³-hybridized carbons (Fsp3) is 0.0400. The number of anilines is 3. The molecule has 0 atom stereocenters. The zero-order valence-electron chi connectivity index (χ0n) is 16.6. The van der Waals surface area contributed by atoms with Crippen molar-refractivity contribution in [2.75, 3.05) is 4.90 Å². The fourth-order valence-corrected chi connectivity index (χ4v) is 2.70. The van der Waals surface area contributed by atoms with Gasteiger partial charge in [-0.3, -0.25) is 0 Å². The van der Waals surface area contributed by atoms with Gasteiger partial charge in [0.05, 0.1) is 0 Å². The minimum Gasteiger partial charge on any atom is -0.423 e. The van der Waals surface area contributed by atoms with Gasteiger partial charge in [0.25, 0.3) is 0 Å². The van der Waals surface area contributed by atoms with Gasteiger partial charge in [0.15, 0.2) is 0 Å². The van der Waals surface area contributed by atoms with Gasteiger partial charge in [0, 0.05) is 28.7 Å².